The van der Waals surface area contributed by atoms with Gasteiger partial charge in [-0.2, -0.15) is 10.5 Å². The van der Waals surface area contributed by atoms with E-state index >= 15 is 0 Å². The molecule has 1 aliphatic rings. The van der Waals surface area contributed by atoms with Crippen LogP contribution in [0.3, 0.4) is 0 Å². The smallest absolute Gasteiger partial charge is 0.0717 e. The molecule has 76 valence electrons. The Labute approximate surface area is 85.7 Å². The summed E-state index contributed by atoms with van der Waals surface area (Å²) in [5.74, 6) is -0.137. The Kier molecular flexibility index (Phi) is 5.04. The molecule has 0 radical (unpaired) electrons. The summed E-state index contributed by atoms with van der Waals surface area (Å²) < 4.78 is 0. The van der Waals surface area contributed by atoms with Gasteiger partial charge < -0.3 is 5.32 Å². The third kappa shape index (κ3) is 3.77. The minimum Gasteiger partial charge on any atom is -0.313 e. The molecule has 1 N–H and O–H groups in total. The SMILES string of the molecule is N#CCC(C#N)CNC1CCCCC1. The van der Waals surface area contributed by atoms with Crippen molar-refractivity contribution in [3.63, 3.8) is 0 Å². The monoisotopic (exact) mass is 191 g/mol. The van der Waals surface area contributed by atoms with Crippen molar-refractivity contribution < 1.29 is 0 Å². The molecule has 3 nitrogen and oxygen atoms in total. The van der Waals surface area contributed by atoms with E-state index in [2.05, 4.69) is 11.4 Å². The second-order valence-electron chi connectivity index (χ2n) is 3.93. The van der Waals surface area contributed by atoms with Gasteiger partial charge in [0.2, 0.25) is 0 Å². The molecule has 1 atom stereocenters. The average molecular weight is 191 g/mol. The highest BCUT2D eigenvalue weighted by atomic mass is 14.9. The van der Waals surface area contributed by atoms with Crippen LogP contribution in [0.4, 0.5) is 0 Å². The van der Waals surface area contributed by atoms with Crippen molar-refractivity contribution >= 4 is 0 Å². The number of hydrogen-bond acceptors (Lipinski definition) is 3. The zero-order valence-electron chi connectivity index (χ0n) is 8.50. The van der Waals surface area contributed by atoms with Gasteiger partial charge >= 0.3 is 0 Å². The van der Waals surface area contributed by atoms with Crippen LogP contribution < -0.4 is 5.32 Å². The first-order valence-corrected chi connectivity index (χ1v) is 5.36. The van der Waals surface area contributed by atoms with Crippen LogP contribution in [0.15, 0.2) is 0 Å². The Hall–Kier alpha value is -1.06. The van der Waals surface area contributed by atoms with Gasteiger partial charge in [0.1, 0.15) is 0 Å². The van der Waals surface area contributed by atoms with Gasteiger partial charge in [0.05, 0.1) is 24.5 Å². The molecule has 0 spiro atoms. The summed E-state index contributed by atoms with van der Waals surface area (Å²) in [6.07, 6.45) is 6.74. The Bertz CT molecular complexity index is 230. The molecule has 1 aliphatic carbocycles. The largest absolute Gasteiger partial charge is 0.313 e. The van der Waals surface area contributed by atoms with Crippen molar-refractivity contribution in [3.05, 3.63) is 0 Å². The molecule has 0 heterocycles. The summed E-state index contributed by atoms with van der Waals surface area (Å²) in [7, 11) is 0. The molecule has 0 saturated heterocycles. The van der Waals surface area contributed by atoms with Gasteiger partial charge in [-0.3, -0.25) is 0 Å². The van der Waals surface area contributed by atoms with Crippen LogP contribution in [0.5, 0.6) is 0 Å². The van der Waals surface area contributed by atoms with E-state index in [4.69, 9.17) is 10.5 Å². The van der Waals surface area contributed by atoms with E-state index in [1.165, 1.54) is 32.1 Å². The predicted octanol–water partition coefficient (Wildman–Crippen LogP) is 1.96. The number of nitrogens with one attached hydrogen (secondary N) is 1. The summed E-state index contributed by atoms with van der Waals surface area (Å²) in [6.45, 7) is 0.675. The van der Waals surface area contributed by atoms with Crippen LogP contribution in [-0.4, -0.2) is 12.6 Å². The van der Waals surface area contributed by atoms with Crippen LogP contribution >= 0.6 is 0 Å². The van der Waals surface area contributed by atoms with Crippen LogP contribution in [0.1, 0.15) is 38.5 Å². The zero-order valence-corrected chi connectivity index (χ0v) is 8.50. The van der Waals surface area contributed by atoms with Crippen molar-refractivity contribution in [2.45, 2.75) is 44.6 Å². The molecule has 1 saturated carbocycles. The van der Waals surface area contributed by atoms with E-state index in [0.29, 0.717) is 19.0 Å². The highest BCUT2D eigenvalue weighted by Gasteiger charge is 2.14. The Morgan fingerprint density at radius 3 is 2.50 bits per heavy atom. The number of hydrogen-bond donors (Lipinski definition) is 1. The fourth-order valence-corrected chi connectivity index (χ4v) is 1.89. The summed E-state index contributed by atoms with van der Waals surface area (Å²) in [5, 5.41) is 20.6. The summed E-state index contributed by atoms with van der Waals surface area (Å²) >= 11 is 0. The molecular formula is C11H17N3. The van der Waals surface area contributed by atoms with Crippen LogP contribution in [0.25, 0.3) is 0 Å². The van der Waals surface area contributed by atoms with Crippen molar-refractivity contribution in [2.75, 3.05) is 6.54 Å². The molecule has 0 aromatic heterocycles. The number of nitrogens with zero attached hydrogens (tertiary/aromatic N) is 2. The molecule has 0 aromatic carbocycles. The molecule has 1 unspecified atom stereocenters. The van der Waals surface area contributed by atoms with E-state index in [1.807, 2.05) is 6.07 Å². The van der Waals surface area contributed by atoms with Crippen molar-refractivity contribution in [3.8, 4) is 12.1 Å². The van der Waals surface area contributed by atoms with Gasteiger partial charge in [-0.15, -0.1) is 0 Å². The third-order valence-electron chi connectivity index (χ3n) is 2.78. The second kappa shape index (κ2) is 6.40. The topological polar surface area (TPSA) is 59.6 Å². The molecule has 0 amide bonds. The Morgan fingerprint density at radius 1 is 1.21 bits per heavy atom. The molecule has 1 fully saturated rings. The van der Waals surface area contributed by atoms with E-state index < -0.39 is 0 Å². The molecule has 14 heavy (non-hydrogen) atoms. The van der Waals surface area contributed by atoms with Crippen LogP contribution in [0.2, 0.25) is 0 Å². The fraction of sp³-hybridized carbons (Fsp3) is 0.818. The van der Waals surface area contributed by atoms with Gasteiger partial charge in [0.15, 0.2) is 0 Å². The normalized spacial score (nSPS) is 19.6. The molecule has 3 heteroatoms. The molecule has 0 aromatic rings. The van der Waals surface area contributed by atoms with E-state index in [0.717, 1.165) is 0 Å². The van der Waals surface area contributed by atoms with E-state index in [9.17, 15) is 0 Å². The van der Waals surface area contributed by atoms with Gasteiger partial charge in [-0.05, 0) is 12.8 Å². The lowest BCUT2D eigenvalue weighted by molar-refractivity contribution is 0.362. The maximum atomic E-state index is 8.75. The van der Waals surface area contributed by atoms with Gasteiger partial charge in [-0.25, -0.2) is 0 Å². The van der Waals surface area contributed by atoms with Crippen molar-refractivity contribution in [1.82, 2.24) is 5.32 Å². The van der Waals surface area contributed by atoms with Gasteiger partial charge in [-0.1, -0.05) is 19.3 Å². The molecule has 0 aliphatic heterocycles. The lowest BCUT2D eigenvalue weighted by Crippen LogP contribution is -2.34. The van der Waals surface area contributed by atoms with E-state index in [1.54, 1.807) is 0 Å². The first kappa shape index (κ1) is 11.0. The highest BCUT2D eigenvalue weighted by Crippen LogP contribution is 2.17. The third-order valence-corrected chi connectivity index (χ3v) is 2.78. The van der Waals surface area contributed by atoms with E-state index in [-0.39, 0.29) is 5.92 Å². The van der Waals surface area contributed by atoms with Gasteiger partial charge in [0, 0.05) is 12.6 Å². The first-order valence-electron chi connectivity index (χ1n) is 5.36. The molecule has 0 bridgehead atoms. The summed E-state index contributed by atoms with van der Waals surface area (Å²) in [6, 6.07) is 4.78. The average Bonchev–Trinajstić information content (AvgIpc) is 2.25. The first-order chi connectivity index (χ1) is 6.86. The van der Waals surface area contributed by atoms with Gasteiger partial charge in [0.25, 0.3) is 0 Å². The van der Waals surface area contributed by atoms with Crippen LogP contribution in [0, 0.1) is 28.6 Å². The zero-order chi connectivity index (χ0) is 10.2. The minimum atomic E-state index is -0.137. The predicted molar refractivity (Wildman–Crippen MR) is 54.2 cm³/mol. The fourth-order valence-electron chi connectivity index (χ4n) is 1.89. The Balaban J connectivity index is 2.18. The summed E-state index contributed by atoms with van der Waals surface area (Å²) in [5.41, 5.74) is 0. The van der Waals surface area contributed by atoms with Crippen molar-refractivity contribution in [1.29, 1.82) is 10.5 Å². The lowest BCUT2D eigenvalue weighted by atomic mass is 9.95. The van der Waals surface area contributed by atoms with Crippen LogP contribution in [-0.2, 0) is 0 Å². The molecular weight excluding hydrogens is 174 g/mol. The second-order valence-corrected chi connectivity index (χ2v) is 3.93. The maximum absolute atomic E-state index is 8.75. The van der Waals surface area contributed by atoms with Crippen molar-refractivity contribution in [2.24, 2.45) is 5.92 Å². The standard InChI is InChI=1S/C11H17N3/c12-7-6-10(8-13)9-14-11-4-2-1-3-5-11/h10-11,14H,1-6,9H2. The minimum absolute atomic E-state index is 0.137. The molecule has 1 rings (SSSR count). The lowest BCUT2D eigenvalue weighted by Gasteiger charge is -2.23. The number of rotatable bonds is 4. The quantitative estimate of drug-likeness (QED) is 0.739. The highest BCUT2D eigenvalue weighted by molar-refractivity contribution is 4.92. The summed E-state index contributed by atoms with van der Waals surface area (Å²) in [4.78, 5) is 0. The Morgan fingerprint density at radius 2 is 1.93 bits per heavy atom. The number of nitriles is 2. The maximum Gasteiger partial charge on any atom is 0.0717 e.